The minimum Gasteiger partial charge on any atom is -0.404 e. The third kappa shape index (κ3) is 3.93. The third-order valence-corrected chi connectivity index (χ3v) is 3.48. The summed E-state index contributed by atoms with van der Waals surface area (Å²) in [5.41, 5.74) is 0.00338. The lowest BCUT2D eigenvalue weighted by molar-refractivity contribution is -0.274. The van der Waals surface area contributed by atoms with E-state index in [1.54, 1.807) is 0 Å². The van der Waals surface area contributed by atoms with Gasteiger partial charge in [-0.15, -0.1) is 13.2 Å². The first-order valence-corrected chi connectivity index (χ1v) is 6.70. The van der Waals surface area contributed by atoms with Crippen LogP contribution in [0.1, 0.15) is 5.56 Å². The first kappa shape index (κ1) is 14.4. The van der Waals surface area contributed by atoms with Crippen LogP contribution in [0.25, 0.3) is 0 Å². The van der Waals surface area contributed by atoms with Gasteiger partial charge in [0.15, 0.2) is 0 Å². The highest BCUT2D eigenvalue weighted by atomic mass is 35.7. The van der Waals surface area contributed by atoms with Crippen LogP contribution in [0.15, 0.2) is 17.0 Å². The molecule has 0 saturated carbocycles. The highest BCUT2D eigenvalue weighted by Gasteiger charge is 2.32. The summed E-state index contributed by atoms with van der Waals surface area (Å²) in [6.07, 6.45) is -4.91. The molecule has 0 unspecified atom stereocenters. The van der Waals surface area contributed by atoms with Gasteiger partial charge >= 0.3 is 6.36 Å². The van der Waals surface area contributed by atoms with E-state index in [-0.39, 0.29) is 10.5 Å². The van der Waals surface area contributed by atoms with E-state index in [4.69, 9.17) is 22.3 Å². The second-order valence-corrected chi connectivity index (χ2v) is 5.98. The fourth-order valence-corrected chi connectivity index (χ4v) is 2.57. The summed E-state index contributed by atoms with van der Waals surface area (Å²) in [5.74, 6) is -0.680. The summed E-state index contributed by atoms with van der Waals surface area (Å²) < 4.78 is 61.6. The SMILES string of the molecule is Cc1cc(OC(F)(F)F)c(Cl)cc1S(=O)(=O)Cl. The van der Waals surface area contributed by atoms with Gasteiger partial charge in [-0.3, -0.25) is 0 Å². The number of hydrogen-bond acceptors (Lipinski definition) is 3. The van der Waals surface area contributed by atoms with Gasteiger partial charge in [-0.05, 0) is 24.6 Å². The van der Waals surface area contributed by atoms with Crippen molar-refractivity contribution >= 4 is 31.3 Å². The normalized spacial score (nSPS) is 12.6. The minimum atomic E-state index is -4.91. The van der Waals surface area contributed by atoms with Crippen molar-refractivity contribution in [3.05, 3.63) is 22.7 Å². The Kier molecular flexibility index (Phi) is 3.85. The van der Waals surface area contributed by atoms with E-state index in [0.29, 0.717) is 0 Å². The Morgan fingerprint density at radius 1 is 1.29 bits per heavy atom. The van der Waals surface area contributed by atoms with Crippen LogP contribution in [-0.2, 0) is 9.05 Å². The number of aryl methyl sites for hydroxylation is 1. The quantitative estimate of drug-likeness (QED) is 0.786. The van der Waals surface area contributed by atoms with E-state index >= 15 is 0 Å². The molecule has 0 amide bonds. The van der Waals surface area contributed by atoms with Crippen LogP contribution in [0, 0.1) is 6.92 Å². The van der Waals surface area contributed by atoms with Crippen LogP contribution >= 0.6 is 22.3 Å². The van der Waals surface area contributed by atoms with Crippen LogP contribution in [-0.4, -0.2) is 14.8 Å². The maximum absolute atomic E-state index is 12.0. The first-order chi connectivity index (χ1) is 7.50. The molecule has 96 valence electrons. The first-order valence-electron chi connectivity index (χ1n) is 4.01. The number of alkyl halides is 3. The molecule has 17 heavy (non-hydrogen) atoms. The summed E-state index contributed by atoms with van der Waals surface area (Å²) in [4.78, 5) is -0.362. The van der Waals surface area contributed by atoms with Crippen LogP contribution < -0.4 is 4.74 Å². The van der Waals surface area contributed by atoms with E-state index in [1.807, 2.05) is 0 Å². The van der Waals surface area contributed by atoms with E-state index in [0.717, 1.165) is 12.1 Å². The minimum absolute atomic E-state index is 0.00338. The van der Waals surface area contributed by atoms with E-state index < -0.39 is 26.2 Å². The van der Waals surface area contributed by atoms with Crippen molar-refractivity contribution in [2.75, 3.05) is 0 Å². The molecule has 0 N–H and O–H groups in total. The maximum Gasteiger partial charge on any atom is 0.573 e. The van der Waals surface area contributed by atoms with Gasteiger partial charge < -0.3 is 4.74 Å². The van der Waals surface area contributed by atoms with Gasteiger partial charge in [0.1, 0.15) is 5.75 Å². The molecule has 3 nitrogen and oxygen atoms in total. The molecule has 0 bridgehead atoms. The zero-order valence-corrected chi connectivity index (χ0v) is 10.5. The molecule has 0 aliphatic heterocycles. The molecule has 9 heteroatoms. The van der Waals surface area contributed by atoms with E-state index in [9.17, 15) is 21.6 Å². The lowest BCUT2D eigenvalue weighted by Crippen LogP contribution is -2.17. The second kappa shape index (κ2) is 4.55. The van der Waals surface area contributed by atoms with Gasteiger partial charge in [-0.1, -0.05) is 11.6 Å². The Bertz CT molecular complexity index is 540. The smallest absolute Gasteiger partial charge is 0.404 e. The molecule has 1 aromatic carbocycles. The molecule has 0 aliphatic carbocycles. The van der Waals surface area contributed by atoms with Crippen LogP contribution in [0.2, 0.25) is 5.02 Å². The number of ether oxygens (including phenoxy) is 1. The van der Waals surface area contributed by atoms with Crippen molar-refractivity contribution in [1.29, 1.82) is 0 Å². The lowest BCUT2D eigenvalue weighted by Gasteiger charge is -2.12. The average molecular weight is 309 g/mol. The summed E-state index contributed by atoms with van der Waals surface area (Å²) in [6.45, 7) is 1.27. The number of hydrogen-bond donors (Lipinski definition) is 0. The predicted octanol–water partition coefficient (Wildman–Crippen LogP) is 3.47. The summed E-state index contributed by atoms with van der Waals surface area (Å²) >= 11 is 5.47. The molecule has 0 saturated heterocycles. The monoisotopic (exact) mass is 308 g/mol. The maximum atomic E-state index is 12.0. The Morgan fingerprint density at radius 3 is 2.24 bits per heavy atom. The van der Waals surface area contributed by atoms with Gasteiger partial charge in [-0.2, -0.15) is 0 Å². The van der Waals surface area contributed by atoms with Gasteiger partial charge in [0.25, 0.3) is 9.05 Å². The van der Waals surface area contributed by atoms with E-state index in [2.05, 4.69) is 4.74 Å². The molecule has 1 rings (SSSR count). The zero-order valence-electron chi connectivity index (χ0n) is 8.18. The standard InChI is InChI=1S/C8H5Cl2F3O3S/c1-4-2-6(16-8(11,12)13)5(9)3-7(4)17(10,14)15/h2-3H,1H3. The van der Waals surface area contributed by atoms with Crippen molar-refractivity contribution < 1.29 is 26.3 Å². The molecule has 0 aromatic heterocycles. The molecule has 1 aromatic rings. The predicted molar refractivity (Wildman–Crippen MR) is 55.9 cm³/mol. The fourth-order valence-electron chi connectivity index (χ4n) is 1.10. The molecule has 0 radical (unpaired) electrons. The summed E-state index contributed by atoms with van der Waals surface area (Å²) in [7, 11) is 1.01. The topological polar surface area (TPSA) is 43.4 Å². The third-order valence-electron chi connectivity index (χ3n) is 1.72. The van der Waals surface area contributed by atoms with Gasteiger partial charge in [0, 0.05) is 10.7 Å². The molecular weight excluding hydrogens is 304 g/mol. The van der Waals surface area contributed by atoms with Crippen LogP contribution in [0.3, 0.4) is 0 Å². The summed E-state index contributed by atoms with van der Waals surface area (Å²) in [6, 6.07) is 1.66. The van der Waals surface area contributed by atoms with Gasteiger partial charge in [0.2, 0.25) is 0 Å². The van der Waals surface area contributed by atoms with E-state index in [1.165, 1.54) is 6.92 Å². The van der Waals surface area contributed by atoms with Crippen molar-refractivity contribution in [3.63, 3.8) is 0 Å². The highest BCUT2D eigenvalue weighted by Crippen LogP contribution is 2.34. The average Bonchev–Trinajstić information content (AvgIpc) is 2.06. The Morgan fingerprint density at radius 2 is 1.82 bits per heavy atom. The molecular formula is C8H5Cl2F3O3S. The van der Waals surface area contributed by atoms with Crippen molar-refractivity contribution in [2.45, 2.75) is 18.2 Å². The summed E-state index contributed by atoms with van der Waals surface area (Å²) in [5, 5.41) is -0.493. The molecule has 0 heterocycles. The Balaban J connectivity index is 3.29. The Labute approximate surface area is 105 Å². The highest BCUT2D eigenvalue weighted by molar-refractivity contribution is 8.13. The van der Waals surface area contributed by atoms with Gasteiger partial charge in [0.05, 0.1) is 9.92 Å². The van der Waals surface area contributed by atoms with Crippen LogP contribution in [0.4, 0.5) is 13.2 Å². The molecule has 0 fully saturated rings. The zero-order chi connectivity index (χ0) is 13.4. The molecule has 0 atom stereocenters. The number of halogens is 5. The second-order valence-electron chi connectivity index (χ2n) is 3.03. The number of rotatable bonds is 2. The van der Waals surface area contributed by atoms with Gasteiger partial charge in [-0.25, -0.2) is 8.42 Å². The van der Waals surface area contributed by atoms with Crippen molar-refractivity contribution in [2.24, 2.45) is 0 Å². The number of benzene rings is 1. The molecule has 0 aliphatic rings. The lowest BCUT2D eigenvalue weighted by atomic mass is 10.2. The van der Waals surface area contributed by atoms with Crippen molar-refractivity contribution in [3.8, 4) is 5.75 Å². The fraction of sp³-hybridized carbons (Fsp3) is 0.250. The molecule has 0 spiro atoms. The van der Waals surface area contributed by atoms with Crippen molar-refractivity contribution in [1.82, 2.24) is 0 Å². The van der Waals surface area contributed by atoms with Crippen LogP contribution in [0.5, 0.6) is 5.75 Å². The Hall–Kier alpha value is -0.660. The largest absolute Gasteiger partial charge is 0.573 e.